The molecule has 0 radical (unpaired) electrons. The molecule has 0 bridgehead atoms. The molecule has 3 aromatic heterocycles. The molecular formula is C21H17N7O2. The molecular weight excluding hydrogens is 382 g/mol. The van der Waals surface area contributed by atoms with Gasteiger partial charge < -0.3 is 14.3 Å². The van der Waals surface area contributed by atoms with E-state index in [9.17, 15) is 4.79 Å². The van der Waals surface area contributed by atoms with Crippen LogP contribution >= 0.6 is 0 Å². The van der Waals surface area contributed by atoms with E-state index >= 15 is 0 Å². The number of hydrogen-bond donors (Lipinski definition) is 1. The minimum Gasteiger partial charge on any atom is -0.415 e. The summed E-state index contributed by atoms with van der Waals surface area (Å²) in [6.07, 6.45) is 4.67. The maximum atomic E-state index is 11.8. The topological polar surface area (TPSA) is 123 Å². The summed E-state index contributed by atoms with van der Waals surface area (Å²) >= 11 is 0. The molecule has 0 atom stereocenters. The van der Waals surface area contributed by atoms with Gasteiger partial charge >= 0.3 is 0 Å². The molecule has 0 aliphatic rings. The van der Waals surface area contributed by atoms with Gasteiger partial charge in [-0.05, 0) is 30.8 Å². The third kappa shape index (κ3) is 3.99. The fraction of sp³-hybridized carbons (Fsp3) is 0.143. The summed E-state index contributed by atoms with van der Waals surface area (Å²) in [4.78, 5) is 20.5. The van der Waals surface area contributed by atoms with Crippen molar-refractivity contribution in [3.8, 4) is 40.4 Å². The molecule has 30 heavy (non-hydrogen) atoms. The van der Waals surface area contributed by atoms with Crippen molar-refractivity contribution in [3.05, 3.63) is 70.9 Å². The maximum absolute atomic E-state index is 11.8. The number of pyridine rings is 1. The lowest BCUT2D eigenvalue weighted by Gasteiger charge is -2.05. The number of nitrogens with one attached hydrogen (secondary N) is 1. The number of hydrogen-bond acceptors (Lipinski definition) is 8. The summed E-state index contributed by atoms with van der Waals surface area (Å²) in [5.41, 5.74) is 3.29. The minimum absolute atomic E-state index is 0.0417. The van der Waals surface area contributed by atoms with E-state index in [-0.39, 0.29) is 18.0 Å². The zero-order valence-electron chi connectivity index (χ0n) is 16.1. The monoisotopic (exact) mass is 399 g/mol. The Morgan fingerprint density at radius 2 is 1.77 bits per heavy atom. The molecule has 0 fully saturated rings. The van der Waals surface area contributed by atoms with Gasteiger partial charge in [0.15, 0.2) is 0 Å². The molecule has 1 N–H and O–H groups in total. The Kier molecular flexibility index (Phi) is 5.41. The molecule has 0 aliphatic heterocycles. The van der Waals surface area contributed by atoms with E-state index < -0.39 is 0 Å². The highest BCUT2D eigenvalue weighted by molar-refractivity contribution is 5.61. The predicted molar refractivity (Wildman–Crippen MR) is 109 cm³/mol. The van der Waals surface area contributed by atoms with E-state index in [0.29, 0.717) is 22.8 Å². The summed E-state index contributed by atoms with van der Waals surface area (Å²) in [5, 5.41) is 20.2. The van der Waals surface area contributed by atoms with Crippen molar-refractivity contribution < 1.29 is 4.42 Å². The molecule has 148 valence electrons. The Hall–Kier alpha value is -4.16. The van der Waals surface area contributed by atoms with Gasteiger partial charge in [0.1, 0.15) is 12.2 Å². The van der Waals surface area contributed by atoms with Gasteiger partial charge in [0.25, 0.3) is 11.4 Å². The second-order valence-electron chi connectivity index (χ2n) is 6.47. The van der Waals surface area contributed by atoms with Crippen LogP contribution in [-0.4, -0.2) is 31.8 Å². The second-order valence-corrected chi connectivity index (χ2v) is 6.47. The van der Waals surface area contributed by atoms with Crippen LogP contribution in [0.4, 0.5) is 0 Å². The van der Waals surface area contributed by atoms with E-state index in [1.165, 1.54) is 16.8 Å². The lowest BCUT2D eigenvalue weighted by atomic mass is 10.1. The number of benzene rings is 1. The van der Waals surface area contributed by atoms with Crippen molar-refractivity contribution in [1.82, 2.24) is 30.0 Å². The van der Waals surface area contributed by atoms with Crippen LogP contribution in [0.25, 0.3) is 34.3 Å². The van der Waals surface area contributed by atoms with Gasteiger partial charge in [0, 0.05) is 29.9 Å². The van der Waals surface area contributed by atoms with E-state index in [1.807, 2.05) is 37.4 Å². The molecule has 1 aromatic carbocycles. The third-order valence-electron chi connectivity index (χ3n) is 4.38. The number of aromatic nitrogens is 5. The molecule has 0 spiro atoms. The summed E-state index contributed by atoms with van der Waals surface area (Å²) in [7, 11) is 1.89. The smallest absolute Gasteiger partial charge is 0.268 e. The highest BCUT2D eigenvalue weighted by Gasteiger charge is 2.13. The third-order valence-corrected chi connectivity index (χ3v) is 4.38. The first-order chi connectivity index (χ1) is 14.7. The van der Waals surface area contributed by atoms with Gasteiger partial charge in [-0.3, -0.25) is 9.78 Å². The van der Waals surface area contributed by atoms with Crippen LogP contribution in [0.2, 0.25) is 0 Å². The standard InChI is InChI=1S/C21H17N7O2/c1-23-10-14-2-4-15(5-3-14)20-26-27-21(30-20)18-12-24-11-17(25-18)16-6-7-19(29)28(13-16)9-8-22/h2-7,11-13,23H,9-10H2,1H3. The van der Waals surface area contributed by atoms with E-state index in [1.54, 1.807) is 18.5 Å². The van der Waals surface area contributed by atoms with Crippen molar-refractivity contribution in [2.24, 2.45) is 0 Å². The van der Waals surface area contributed by atoms with Gasteiger partial charge in [-0.2, -0.15) is 5.26 Å². The second kappa shape index (κ2) is 8.46. The van der Waals surface area contributed by atoms with Crippen LogP contribution in [0.15, 0.2) is 64.2 Å². The average Bonchev–Trinajstić information content (AvgIpc) is 3.27. The Bertz CT molecular complexity index is 1270. The molecule has 3 heterocycles. The highest BCUT2D eigenvalue weighted by atomic mass is 16.4. The van der Waals surface area contributed by atoms with E-state index in [4.69, 9.17) is 9.68 Å². The molecule has 0 unspecified atom stereocenters. The van der Waals surface area contributed by atoms with E-state index in [2.05, 4.69) is 25.5 Å². The maximum Gasteiger partial charge on any atom is 0.268 e. The Labute approximate surface area is 171 Å². The van der Waals surface area contributed by atoms with Gasteiger partial charge in [-0.15, -0.1) is 10.2 Å². The van der Waals surface area contributed by atoms with Gasteiger partial charge in [0.05, 0.1) is 24.2 Å². The fourth-order valence-corrected chi connectivity index (χ4v) is 2.90. The van der Waals surface area contributed by atoms with E-state index in [0.717, 1.165) is 17.7 Å². The highest BCUT2D eigenvalue weighted by Crippen LogP contribution is 2.24. The van der Waals surface area contributed by atoms with Gasteiger partial charge in [-0.1, -0.05) is 12.1 Å². The molecule has 9 heteroatoms. The predicted octanol–water partition coefficient (Wildman–Crippen LogP) is 2.27. The summed E-state index contributed by atoms with van der Waals surface area (Å²) < 4.78 is 7.10. The first-order valence-electron chi connectivity index (χ1n) is 9.15. The Morgan fingerprint density at radius 3 is 2.53 bits per heavy atom. The SMILES string of the molecule is CNCc1ccc(-c2nnc(-c3cncc(-c4ccc(=O)n(CC#N)c4)n3)o2)cc1. The minimum atomic E-state index is -0.258. The van der Waals surface area contributed by atoms with Crippen molar-refractivity contribution in [1.29, 1.82) is 5.26 Å². The zero-order valence-corrected chi connectivity index (χ0v) is 16.1. The van der Waals surface area contributed by atoms with Crippen LogP contribution in [0, 0.1) is 11.3 Å². The summed E-state index contributed by atoms with van der Waals surface area (Å²) in [6, 6.07) is 12.8. The first kappa shape index (κ1) is 19.2. The van der Waals surface area contributed by atoms with Crippen LogP contribution < -0.4 is 10.9 Å². The largest absolute Gasteiger partial charge is 0.415 e. The average molecular weight is 399 g/mol. The molecule has 4 aromatic rings. The number of nitriles is 1. The van der Waals surface area contributed by atoms with Crippen molar-refractivity contribution >= 4 is 0 Å². The van der Waals surface area contributed by atoms with Crippen molar-refractivity contribution in [2.75, 3.05) is 7.05 Å². The molecule has 4 rings (SSSR count). The Balaban J connectivity index is 1.63. The lowest BCUT2D eigenvalue weighted by Crippen LogP contribution is -2.17. The zero-order chi connectivity index (χ0) is 20.9. The van der Waals surface area contributed by atoms with Crippen molar-refractivity contribution in [2.45, 2.75) is 13.1 Å². The molecule has 0 saturated heterocycles. The molecule has 0 amide bonds. The molecule has 0 aliphatic carbocycles. The van der Waals surface area contributed by atoms with Gasteiger partial charge in [0.2, 0.25) is 5.89 Å². The molecule has 0 saturated carbocycles. The van der Waals surface area contributed by atoms with Crippen LogP contribution in [0.1, 0.15) is 5.56 Å². The number of nitrogens with zero attached hydrogens (tertiary/aromatic N) is 6. The van der Waals surface area contributed by atoms with Crippen LogP contribution in [0.3, 0.4) is 0 Å². The number of rotatable bonds is 6. The summed E-state index contributed by atoms with van der Waals surface area (Å²) in [5.74, 6) is 0.625. The van der Waals surface area contributed by atoms with Gasteiger partial charge in [-0.25, -0.2) is 4.98 Å². The molecule has 9 nitrogen and oxygen atoms in total. The summed E-state index contributed by atoms with van der Waals surface area (Å²) in [6.45, 7) is 0.735. The van der Waals surface area contributed by atoms with Crippen LogP contribution in [0.5, 0.6) is 0 Å². The van der Waals surface area contributed by atoms with Crippen LogP contribution in [-0.2, 0) is 13.1 Å². The lowest BCUT2D eigenvalue weighted by molar-refractivity contribution is 0.582. The quantitative estimate of drug-likeness (QED) is 0.524. The Morgan fingerprint density at radius 1 is 1.03 bits per heavy atom. The van der Waals surface area contributed by atoms with Crippen molar-refractivity contribution in [3.63, 3.8) is 0 Å². The first-order valence-corrected chi connectivity index (χ1v) is 9.15. The fourth-order valence-electron chi connectivity index (χ4n) is 2.90. The normalized spacial score (nSPS) is 10.7.